The molecule has 0 aromatic carbocycles. The summed E-state index contributed by atoms with van der Waals surface area (Å²) in [4.78, 5) is 2.48. The Labute approximate surface area is 93.2 Å². The molecule has 2 heterocycles. The summed E-state index contributed by atoms with van der Waals surface area (Å²) in [6.45, 7) is 5.66. The molecule has 3 nitrogen and oxygen atoms in total. The third kappa shape index (κ3) is 2.35. The Morgan fingerprint density at radius 1 is 1.47 bits per heavy atom. The first-order chi connectivity index (χ1) is 7.27. The van der Waals surface area contributed by atoms with Crippen molar-refractivity contribution in [1.82, 2.24) is 10.2 Å². The summed E-state index contributed by atoms with van der Waals surface area (Å²) in [5, 5.41) is 3.27. The summed E-state index contributed by atoms with van der Waals surface area (Å²) in [5.74, 6) is 0.860. The number of piperidine rings is 1. The van der Waals surface area contributed by atoms with Crippen LogP contribution >= 0.6 is 0 Å². The highest BCUT2D eigenvalue weighted by Gasteiger charge is 2.45. The number of likely N-dealkylation sites (tertiary alicyclic amines) is 1. The van der Waals surface area contributed by atoms with E-state index in [9.17, 15) is 0 Å². The van der Waals surface area contributed by atoms with Gasteiger partial charge in [-0.25, -0.2) is 0 Å². The lowest BCUT2D eigenvalue weighted by Gasteiger charge is -2.50. The van der Waals surface area contributed by atoms with Crippen LogP contribution in [0.4, 0.5) is 0 Å². The minimum Gasteiger partial charge on any atom is -0.380 e. The van der Waals surface area contributed by atoms with Crippen LogP contribution < -0.4 is 5.32 Å². The van der Waals surface area contributed by atoms with Crippen LogP contribution in [0, 0.1) is 11.3 Å². The smallest absolute Gasteiger partial charge is 0.0548 e. The number of ether oxygens (including phenoxy) is 1. The lowest BCUT2D eigenvalue weighted by molar-refractivity contribution is -0.159. The van der Waals surface area contributed by atoms with Crippen molar-refractivity contribution in [2.45, 2.75) is 19.3 Å². The summed E-state index contributed by atoms with van der Waals surface area (Å²) in [7, 11) is 4.29. The molecule has 0 amide bonds. The van der Waals surface area contributed by atoms with Gasteiger partial charge in [0.2, 0.25) is 0 Å². The molecular formula is C12H24N2O. The van der Waals surface area contributed by atoms with Crippen molar-refractivity contribution in [3.63, 3.8) is 0 Å². The van der Waals surface area contributed by atoms with E-state index in [-0.39, 0.29) is 0 Å². The third-order valence-electron chi connectivity index (χ3n) is 4.14. The Morgan fingerprint density at radius 2 is 2.27 bits per heavy atom. The minimum absolute atomic E-state index is 0.498. The molecule has 1 atom stereocenters. The molecule has 0 aromatic rings. The zero-order valence-corrected chi connectivity index (χ0v) is 10.1. The normalized spacial score (nSPS) is 31.2. The minimum atomic E-state index is 0.498. The molecule has 1 unspecified atom stereocenters. The topological polar surface area (TPSA) is 24.5 Å². The van der Waals surface area contributed by atoms with E-state index in [1.807, 2.05) is 7.05 Å². The van der Waals surface area contributed by atoms with Crippen LogP contribution in [0.25, 0.3) is 0 Å². The molecule has 0 aliphatic carbocycles. The first kappa shape index (κ1) is 11.4. The van der Waals surface area contributed by atoms with Gasteiger partial charge in [-0.2, -0.15) is 0 Å². The third-order valence-corrected chi connectivity index (χ3v) is 4.14. The highest BCUT2D eigenvalue weighted by molar-refractivity contribution is 4.94. The highest BCUT2D eigenvalue weighted by atomic mass is 16.5. The van der Waals surface area contributed by atoms with Gasteiger partial charge in [-0.1, -0.05) is 0 Å². The van der Waals surface area contributed by atoms with Crippen molar-refractivity contribution in [2.24, 2.45) is 11.3 Å². The summed E-state index contributed by atoms with van der Waals surface area (Å²) in [5.41, 5.74) is 0.498. The first-order valence-electron chi connectivity index (χ1n) is 6.18. The van der Waals surface area contributed by atoms with Gasteiger partial charge in [0.15, 0.2) is 0 Å². The van der Waals surface area contributed by atoms with Gasteiger partial charge in [0.05, 0.1) is 13.2 Å². The Hall–Kier alpha value is -0.120. The van der Waals surface area contributed by atoms with Crippen molar-refractivity contribution >= 4 is 0 Å². The van der Waals surface area contributed by atoms with Gasteiger partial charge in [-0.3, -0.25) is 0 Å². The Morgan fingerprint density at radius 3 is 2.80 bits per heavy atom. The monoisotopic (exact) mass is 212 g/mol. The molecule has 0 radical (unpaired) electrons. The molecule has 2 rings (SSSR count). The summed E-state index contributed by atoms with van der Waals surface area (Å²) >= 11 is 0. The van der Waals surface area contributed by atoms with Crippen LogP contribution in [0.1, 0.15) is 19.3 Å². The van der Waals surface area contributed by atoms with Crippen LogP contribution in [-0.4, -0.2) is 51.8 Å². The SMILES string of the molecule is CNCCC1(C2CCCN(C)C2)COC1. The molecule has 0 bridgehead atoms. The molecule has 0 spiro atoms. The second kappa shape index (κ2) is 4.81. The maximum atomic E-state index is 5.48. The lowest BCUT2D eigenvalue weighted by atomic mass is 9.68. The van der Waals surface area contributed by atoms with E-state index in [4.69, 9.17) is 4.74 Å². The Bertz CT molecular complexity index is 204. The summed E-state index contributed by atoms with van der Waals surface area (Å²) < 4.78 is 5.48. The molecule has 15 heavy (non-hydrogen) atoms. The predicted molar refractivity (Wildman–Crippen MR) is 62.0 cm³/mol. The number of nitrogens with one attached hydrogen (secondary N) is 1. The van der Waals surface area contributed by atoms with E-state index >= 15 is 0 Å². The average molecular weight is 212 g/mol. The number of hydrogen-bond donors (Lipinski definition) is 1. The van der Waals surface area contributed by atoms with E-state index in [1.54, 1.807) is 0 Å². The van der Waals surface area contributed by atoms with Gasteiger partial charge in [-0.05, 0) is 52.4 Å². The van der Waals surface area contributed by atoms with Gasteiger partial charge >= 0.3 is 0 Å². The zero-order chi connectivity index (χ0) is 10.7. The quantitative estimate of drug-likeness (QED) is 0.751. The van der Waals surface area contributed by atoms with E-state index in [0.29, 0.717) is 5.41 Å². The van der Waals surface area contributed by atoms with Crippen molar-refractivity contribution < 1.29 is 4.74 Å². The molecule has 88 valence electrons. The van der Waals surface area contributed by atoms with E-state index in [1.165, 1.54) is 32.4 Å². The fraction of sp³-hybridized carbons (Fsp3) is 1.00. The highest BCUT2D eigenvalue weighted by Crippen LogP contribution is 2.42. The fourth-order valence-electron chi connectivity index (χ4n) is 2.99. The molecule has 1 N–H and O–H groups in total. The average Bonchev–Trinajstić information content (AvgIpc) is 2.16. The van der Waals surface area contributed by atoms with Crippen LogP contribution in [-0.2, 0) is 4.74 Å². The van der Waals surface area contributed by atoms with Crippen LogP contribution in [0.3, 0.4) is 0 Å². The second-order valence-electron chi connectivity index (χ2n) is 5.31. The predicted octanol–water partition coefficient (Wildman–Crippen LogP) is 0.954. The number of rotatable bonds is 4. The van der Waals surface area contributed by atoms with Gasteiger partial charge in [0.1, 0.15) is 0 Å². The summed E-state index contributed by atoms with van der Waals surface area (Å²) in [6, 6.07) is 0. The molecule has 0 aromatic heterocycles. The molecule has 2 fully saturated rings. The van der Waals surface area contributed by atoms with Crippen molar-refractivity contribution in [2.75, 3.05) is 46.9 Å². The Balaban J connectivity index is 1.92. The fourth-order valence-corrected chi connectivity index (χ4v) is 2.99. The van der Waals surface area contributed by atoms with E-state index < -0.39 is 0 Å². The van der Waals surface area contributed by atoms with Crippen molar-refractivity contribution in [3.8, 4) is 0 Å². The van der Waals surface area contributed by atoms with Gasteiger partial charge in [0, 0.05) is 12.0 Å². The van der Waals surface area contributed by atoms with Crippen molar-refractivity contribution in [1.29, 1.82) is 0 Å². The molecular weight excluding hydrogens is 188 g/mol. The second-order valence-corrected chi connectivity index (χ2v) is 5.31. The van der Waals surface area contributed by atoms with Crippen LogP contribution in [0.15, 0.2) is 0 Å². The Kier molecular flexibility index (Phi) is 3.65. The largest absolute Gasteiger partial charge is 0.380 e. The van der Waals surface area contributed by atoms with E-state index in [2.05, 4.69) is 17.3 Å². The molecule has 2 saturated heterocycles. The molecule has 3 heteroatoms. The zero-order valence-electron chi connectivity index (χ0n) is 10.1. The molecule has 0 saturated carbocycles. The van der Waals surface area contributed by atoms with E-state index in [0.717, 1.165) is 25.7 Å². The number of nitrogens with zero attached hydrogens (tertiary/aromatic N) is 1. The van der Waals surface area contributed by atoms with Crippen LogP contribution in [0.2, 0.25) is 0 Å². The molecule has 2 aliphatic rings. The lowest BCUT2D eigenvalue weighted by Crippen LogP contribution is -2.54. The number of hydrogen-bond acceptors (Lipinski definition) is 3. The maximum Gasteiger partial charge on any atom is 0.0548 e. The van der Waals surface area contributed by atoms with Gasteiger partial charge < -0.3 is 15.0 Å². The summed E-state index contributed by atoms with van der Waals surface area (Å²) in [6.07, 6.45) is 4.04. The van der Waals surface area contributed by atoms with Crippen LogP contribution in [0.5, 0.6) is 0 Å². The van der Waals surface area contributed by atoms with Gasteiger partial charge in [-0.15, -0.1) is 0 Å². The standard InChI is InChI=1S/C12H24N2O/c1-13-6-5-12(9-15-10-12)11-4-3-7-14(2)8-11/h11,13H,3-10H2,1-2H3. The van der Waals surface area contributed by atoms with Gasteiger partial charge in [0.25, 0.3) is 0 Å². The maximum absolute atomic E-state index is 5.48. The molecule has 2 aliphatic heterocycles. The first-order valence-corrected chi connectivity index (χ1v) is 6.18. The van der Waals surface area contributed by atoms with Crippen molar-refractivity contribution in [3.05, 3.63) is 0 Å².